The number of sulfonamides is 1. The molecular weight excluding hydrogens is 394 g/mol. The van der Waals surface area contributed by atoms with Crippen LogP contribution in [0, 0.1) is 0 Å². The van der Waals surface area contributed by atoms with Crippen molar-refractivity contribution in [1.29, 1.82) is 0 Å². The van der Waals surface area contributed by atoms with Crippen LogP contribution in [0.2, 0.25) is 0 Å². The van der Waals surface area contributed by atoms with Gasteiger partial charge < -0.3 is 11.1 Å². The molecule has 0 radical (unpaired) electrons. The molecule has 0 unspecified atom stereocenters. The van der Waals surface area contributed by atoms with Crippen LogP contribution in [0.15, 0.2) is 71.6 Å². The summed E-state index contributed by atoms with van der Waals surface area (Å²) in [5.74, 6) is -0.245. The number of nitrogens with one attached hydrogen (secondary N) is 2. The molecule has 0 spiro atoms. The third-order valence-electron chi connectivity index (χ3n) is 3.98. The summed E-state index contributed by atoms with van der Waals surface area (Å²) >= 11 is 1.36. The smallest absolute Gasteiger partial charge is 0.261 e. The summed E-state index contributed by atoms with van der Waals surface area (Å²) in [6, 6.07) is 18.8. The molecule has 0 aliphatic rings. The second-order valence-corrected chi connectivity index (χ2v) is 9.13. The average molecular weight is 416 g/mol. The molecule has 0 saturated carbocycles. The number of nitrogens with two attached hydrogens (primary N) is 1. The number of hydrogen-bond donors (Lipinski definition) is 3. The van der Waals surface area contributed by atoms with Gasteiger partial charge in [0.05, 0.1) is 9.77 Å². The summed E-state index contributed by atoms with van der Waals surface area (Å²) in [5, 5.41) is 2.77. The zero-order valence-corrected chi connectivity index (χ0v) is 16.9. The molecule has 0 saturated heterocycles. The molecule has 28 heavy (non-hydrogen) atoms. The van der Waals surface area contributed by atoms with Gasteiger partial charge in [0.25, 0.3) is 5.91 Å². The number of carbonyl (C=O) groups is 1. The molecular formula is C20H21N3O3S2. The molecule has 6 nitrogen and oxygen atoms in total. The minimum absolute atomic E-state index is 0.177. The van der Waals surface area contributed by atoms with E-state index in [4.69, 9.17) is 5.73 Å². The van der Waals surface area contributed by atoms with Crippen LogP contribution in [0.4, 0.5) is 5.69 Å². The van der Waals surface area contributed by atoms with E-state index in [1.807, 2.05) is 30.3 Å². The topological polar surface area (TPSA) is 101 Å². The highest BCUT2D eigenvalue weighted by atomic mass is 32.2. The van der Waals surface area contributed by atoms with Gasteiger partial charge in [-0.25, -0.2) is 13.1 Å². The van der Waals surface area contributed by atoms with Crippen molar-refractivity contribution in [2.24, 2.45) is 0 Å². The lowest BCUT2D eigenvalue weighted by Gasteiger charge is -2.14. The van der Waals surface area contributed by atoms with Crippen molar-refractivity contribution in [2.75, 3.05) is 12.3 Å². The van der Waals surface area contributed by atoms with Crippen LogP contribution in [0.5, 0.6) is 0 Å². The standard InChI is InChI=1S/C20H21N3O3S2/c1-14(23-28(25,26)17-8-3-2-4-9-17)13-22-20(24)19-11-10-18(27-19)15-6-5-7-16(21)12-15/h2-12,14,23H,13,21H2,1H3,(H,22,24)/t14-/m1/s1. The van der Waals surface area contributed by atoms with E-state index in [1.165, 1.54) is 23.5 Å². The van der Waals surface area contributed by atoms with E-state index in [9.17, 15) is 13.2 Å². The van der Waals surface area contributed by atoms with Crippen LogP contribution in [-0.2, 0) is 10.0 Å². The normalized spacial score (nSPS) is 12.5. The van der Waals surface area contributed by atoms with Crippen molar-refractivity contribution in [2.45, 2.75) is 17.9 Å². The van der Waals surface area contributed by atoms with Crippen molar-refractivity contribution < 1.29 is 13.2 Å². The molecule has 1 aromatic heterocycles. The van der Waals surface area contributed by atoms with Gasteiger partial charge in [0.2, 0.25) is 10.0 Å². The number of hydrogen-bond acceptors (Lipinski definition) is 5. The zero-order chi connectivity index (χ0) is 20.1. The lowest BCUT2D eigenvalue weighted by atomic mass is 10.2. The molecule has 2 aromatic carbocycles. The first-order valence-electron chi connectivity index (χ1n) is 8.66. The van der Waals surface area contributed by atoms with Crippen LogP contribution in [0.3, 0.4) is 0 Å². The monoisotopic (exact) mass is 415 g/mol. The number of rotatable bonds is 7. The summed E-state index contributed by atoms with van der Waals surface area (Å²) in [6.45, 7) is 1.88. The molecule has 3 rings (SSSR count). The van der Waals surface area contributed by atoms with E-state index in [2.05, 4.69) is 10.0 Å². The Morgan fingerprint density at radius 1 is 1.07 bits per heavy atom. The van der Waals surface area contributed by atoms with Gasteiger partial charge in [-0.1, -0.05) is 30.3 Å². The Labute approximate surface area is 168 Å². The highest BCUT2D eigenvalue weighted by Gasteiger charge is 2.18. The van der Waals surface area contributed by atoms with Crippen molar-refractivity contribution in [3.8, 4) is 10.4 Å². The minimum Gasteiger partial charge on any atom is -0.399 e. The maximum atomic E-state index is 12.4. The van der Waals surface area contributed by atoms with Gasteiger partial charge in [0, 0.05) is 23.2 Å². The average Bonchev–Trinajstić information content (AvgIpc) is 3.17. The van der Waals surface area contributed by atoms with Gasteiger partial charge in [0.1, 0.15) is 0 Å². The third-order valence-corrected chi connectivity index (χ3v) is 6.72. The lowest BCUT2D eigenvalue weighted by molar-refractivity contribution is 0.0955. The van der Waals surface area contributed by atoms with Crippen LogP contribution in [-0.4, -0.2) is 26.9 Å². The molecule has 1 amide bonds. The second-order valence-electron chi connectivity index (χ2n) is 6.33. The molecule has 8 heteroatoms. The number of thiophene rings is 1. The molecule has 146 valence electrons. The first-order valence-corrected chi connectivity index (χ1v) is 11.0. The summed E-state index contributed by atoms with van der Waals surface area (Å²) < 4.78 is 27.2. The van der Waals surface area contributed by atoms with Gasteiger partial charge in [-0.2, -0.15) is 0 Å². The summed E-state index contributed by atoms with van der Waals surface area (Å²) in [7, 11) is -3.62. The van der Waals surface area contributed by atoms with Crippen LogP contribution < -0.4 is 15.8 Å². The Hall–Kier alpha value is -2.68. The van der Waals surface area contributed by atoms with E-state index < -0.39 is 16.1 Å². The van der Waals surface area contributed by atoms with E-state index in [-0.39, 0.29) is 17.3 Å². The van der Waals surface area contributed by atoms with Gasteiger partial charge in [0.15, 0.2) is 0 Å². The Morgan fingerprint density at radius 3 is 2.54 bits per heavy atom. The van der Waals surface area contributed by atoms with E-state index in [0.717, 1.165) is 10.4 Å². The van der Waals surface area contributed by atoms with Gasteiger partial charge in [-0.05, 0) is 48.9 Å². The quantitative estimate of drug-likeness (QED) is 0.516. The zero-order valence-electron chi connectivity index (χ0n) is 15.3. The fraction of sp³-hybridized carbons (Fsp3) is 0.150. The maximum Gasteiger partial charge on any atom is 0.261 e. The molecule has 4 N–H and O–H groups in total. The molecule has 0 fully saturated rings. The van der Waals surface area contributed by atoms with Crippen molar-refractivity contribution >= 4 is 33.0 Å². The largest absolute Gasteiger partial charge is 0.399 e. The number of amides is 1. The van der Waals surface area contributed by atoms with Crippen LogP contribution >= 0.6 is 11.3 Å². The van der Waals surface area contributed by atoms with Crippen LogP contribution in [0.25, 0.3) is 10.4 Å². The lowest BCUT2D eigenvalue weighted by Crippen LogP contribution is -2.41. The van der Waals surface area contributed by atoms with E-state index in [1.54, 1.807) is 31.2 Å². The molecule has 3 aromatic rings. The Morgan fingerprint density at radius 2 is 1.82 bits per heavy atom. The second kappa shape index (κ2) is 8.55. The summed E-state index contributed by atoms with van der Waals surface area (Å²) in [5.41, 5.74) is 7.42. The Kier molecular flexibility index (Phi) is 6.13. The number of nitrogen functional groups attached to an aromatic ring is 1. The van der Waals surface area contributed by atoms with Crippen molar-refractivity contribution in [1.82, 2.24) is 10.0 Å². The van der Waals surface area contributed by atoms with E-state index in [0.29, 0.717) is 10.6 Å². The predicted molar refractivity (Wildman–Crippen MR) is 113 cm³/mol. The maximum absolute atomic E-state index is 12.4. The summed E-state index contributed by atoms with van der Waals surface area (Å²) in [4.78, 5) is 14.1. The molecule has 0 aliphatic carbocycles. The third kappa shape index (κ3) is 4.98. The Bertz CT molecular complexity index is 1060. The SMILES string of the molecule is C[C@H](CNC(=O)c1ccc(-c2cccc(N)c2)s1)NS(=O)(=O)c1ccccc1. The number of benzene rings is 2. The molecule has 0 aliphatic heterocycles. The number of anilines is 1. The summed E-state index contributed by atoms with van der Waals surface area (Å²) in [6.07, 6.45) is 0. The molecule has 0 bridgehead atoms. The van der Waals surface area contributed by atoms with Crippen LogP contribution in [0.1, 0.15) is 16.6 Å². The van der Waals surface area contributed by atoms with Gasteiger partial charge >= 0.3 is 0 Å². The fourth-order valence-electron chi connectivity index (χ4n) is 2.61. The molecule has 1 heterocycles. The minimum atomic E-state index is -3.62. The first-order chi connectivity index (χ1) is 13.3. The Balaban J connectivity index is 1.58. The van der Waals surface area contributed by atoms with Gasteiger partial charge in [-0.15, -0.1) is 11.3 Å². The fourth-order valence-corrected chi connectivity index (χ4v) is 4.80. The highest BCUT2D eigenvalue weighted by Crippen LogP contribution is 2.29. The van der Waals surface area contributed by atoms with E-state index >= 15 is 0 Å². The predicted octanol–water partition coefficient (Wildman–Crippen LogP) is 3.09. The van der Waals surface area contributed by atoms with Crippen molar-refractivity contribution in [3.63, 3.8) is 0 Å². The van der Waals surface area contributed by atoms with Gasteiger partial charge in [-0.3, -0.25) is 4.79 Å². The number of carbonyl (C=O) groups excluding carboxylic acids is 1. The molecule has 1 atom stereocenters. The highest BCUT2D eigenvalue weighted by molar-refractivity contribution is 7.89. The van der Waals surface area contributed by atoms with Crippen molar-refractivity contribution in [3.05, 3.63) is 71.6 Å². The first kappa shape index (κ1) is 20.1.